The molecule has 0 aliphatic carbocycles. The lowest BCUT2D eigenvalue weighted by Gasteiger charge is -2.26. The van der Waals surface area contributed by atoms with Crippen molar-refractivity contribution in [2.75, 3.05) is 7.11 Å². The Labute approximate surface area is 118 Å². The van der Waals surface area contributed by atoms with Gasteiger partial charge in [-0.3, -0.25) is 0 Å². The molecule has 1 N–H and O–H groups in total. The number of aryl methyl sites for hydroxylation is 1. The molecular formula is C15H20N2O3. The Morgan fingerprint density at radius 1 is 1.30 bits per heavy atom. The van der Waals surface area contributed by atoms with Gasteiger partial charge in [-0.1, -0.05) is 32.0 Å². The molecule has 0 bridgehead atoms. The minimum atomic E-state index is -0.271. The monoisotopic (exact) mass is 276 g/mol. The average Bonchev–Trinajstić information content (AvgIpc) is 2.77. The number of ether oxygens (including phenoxy) is 1. The summed E-state index contributed by atoms with van der Waals surface area (Å²) in [6.45, 7) is 8.03. The van der Waals surface area contributed by atoms with E-state index in [0.717, 1.165) is 5.56 Å². The van der Waals surface area contributed by atoms with Gasteiger partial charge in [0.2, 0.25) is 5.82 Å². The van der Waals surface area contributed by atoms with Gasteiger partial charge in [-0.25, -0.2) is 0 Å². The summed E-state index contributed by atoms with van der Waals surface area (Å²) >= 11 is 0. The maximum Gasteiger partial charge on any atom is 0.261 e. The maximum atomic E-state index is 9.95. The van der Waals surface area contributed by atoms with E-state index in [-0.39, 0.29) is 17.3 Å². The molecule has 1 unspecified atom stereocenters. The molecule has 0 aliphatic rings. The van der Waals surface area contributed by atoms with Crippen molar-refractivity contribution in [2.24, 2.45) is 5.41 Å². The third kappa shape index (κ3) is 2.82. The molecule has 20 heavy (non-hydrogen) atoms. The van der Waals surface area contributed by atoms with E-state index in [4.69, 9.17) is 9.26 Å². The second kappa shape index (κ2) is 5.25. The first-order chi connectivity index (χ1) is 9.32. The van der Waals surface area contributed by atoms with Crippen LogP contribution in [0.4, 0.5) is 0 Å². The molecule has 1 atom stereocenters. The number of methoxy groups -OCH3 is 1. The van der Waals surface area contributed by atoms with Crippen molar-refractivity contribution in [1.82, 2.24) is 10.1 Å². The van der Waals surface area contributed by atoms with Crippen molar-refractivity contribution in [3.05, 3.63) is 29.6 Å². The van der Waals surface area contributed by atoms with Gasteiger partial charge in [0, 0.05) is 7.11 Å². The summed E-state index contributed by atoms with van der Waals surface area (Å²) in [6, 6.07) is 5.31. The van der Waals surface area contributed by atoms with Gasteiger partial charge >= 0.3 is 0 Å². The summed E-state index contributed by atoms with van der Waals surface area (Å²) in [5.74, 6) is 0.906. The first kappa shape index (κ1) is 14.5. The third-order valence-electron chi connectivity index (χ3n) is 3.08. The molecule has 0 saturated heterocycles. The number of aromatic hydroxyl groups is 1. The molecule has 1 heterocycles. The van der Waals surface area contributed by atoms with Crippen LogP contribution < -0.4 is 0 Å². The van der Waals surface area contributed by atoms with Crippen molar-refractivity contribution in [1.29, 1.82) is 0 Å². The molecule has 1 aromatic carbocycles. The molecule has 0 spiro atoms. The highest BCUT2D eigenvalue weighted by atomic mass is 16.5. The number of phenolic OH excluding ortho intramolecular Hbond substituents is 1. The highest BCUT2D eigenvalue weighted by molar-refractivity contribution is 5.62. The first-order valence-electron chi connectivity index (χ1n) is 6.49. The fourth-order valence-electron chi connectivity index (χ4n) is 2.12. The van der Waals surface area contributed by atoms with Crippen molar-refractivity contribution >= 4 is 0 Å². The largest absolute Gasteiger partial charge is 0.507 e. The molecular weight excluding hydrogens is 256 g/mol. The number of benzene rings is 1. The Balaban J connectivity index is 2.38. The molecule has 2 rings (SSSR count). The van der Waals surface area contributed by atoms with Crippen molar-refractivity contribution in [3.8, 4) is 17.2 Å². The minimum Gasteiger partial charge on any atom is -0.507 e. The maximum absolute atomic E-state index is 9.95. The molecule has 5 heteroatoms. The predicted octanol–water partition coefficient (Wildman–Crippen LogP) is 3.48. The second-order valence-corrected chi connectivity index (χ2v) is 5.96. The van der Waals surface area contributed by atoms with E-state index in [9.17, 15) is 5.11 Å². The van der Waals surface area contributed by atoms with Gasteiger partial charge in [-0.15, -0.1) is 0 Å². The first-order valence-corrected chi connectivity index (χ1v) is 6.49. The molecule has 0 saturated carbocycles. The lowest BCUT2D eigenvalue weighted by molar-refractivity contribution is 0.00718. The van der Waals surface area contributed by atoms with Gasteiger partial charge in [-0.2, -0.15) is 4.98 Å². The molecule has 2 aromatic rings. The molecule has 0 amide bonds. The number of rotatable bonds is 3. The van der Waals surface area contributed by atoms with Crippen LogP contribution in [-0.2, 0) is 4.74 Å². The van der Waals surface area contributed by atoms with Crippen LogP contribution in [0.5, 0.6) is 5.75 Å². The van der Waals surface area contributed by atoms with Crippen LogP contribution in [0, 0.1) is 12.3 Å². The molecule has 0 aliphatic heterocycles. The Bertz CT molecular complexity index is 599. The predicted molar refractivity (Wildman–Crippen MR) is 75.3 cm³/mol. The number of aromatic nitrogens is 2. The van der Waals surface area contributed by atoms with Crippen LogP contribution in [-0.4, -0.2) is 22.4 Å². The lowest BCUT2D eigenvalue weighted by Crippen LogP contribution is -2.21. The van der Waals surface area contributed by atoms with Crippen LogP contribution in [0.3, 0.4) is 0 Å². The number of hydrogen-bond acceptors (Lipinski definition) is 5. The summed E-state index contributed by atoms with van der Waals surface area (Å²) in [6.07, 6.45) is -0.271. The van der Waals surface area contributed by atoms with E-state index in [1.807, 2.05) is 33.8 Å². The fourth-order valence-corrected chi connectivity index (χ4v) is 2.12. The van der Waals surface area contributed by atoms with Crippen molar-refractivity contribution < 1.29 is 14.4 Å². The van der Waals surface area contributed by atoms with E-state index in [1.54, 1.807) is 19.2 Å². The van der Waals surface area contributed by atoms with Crippen LogP contribution in [0.25, 0.3) is 11.5 Å². The van der Waals surface area contributed by atoms with E-state index in [0.29, 0.717) is 17.3 Å². The van der Waals surface area contributed by atoms with Gasteiger partial charge in [0.15, 0.2) is 0 Å². The van der Waals surface area contributed by atoms with Crippen LogP contribution in [0.1, 0.15) is 38.3 Å². The SMILES string of the molecule is COC(c1noc(-c2ccc(C)cc2O)n1)C(C)(C)C. The highest BCUT2D eigenvalue weighted by Gasteiger charge is 2.31. The fraction of sp³-hybridized carbons (Fsp3) is 0.467. The molecule has 108 valence electrons. The van der Waals surface area contributed by atoms with Crippen molar-refractivity contribution in [3.63, 3.8) is 0 Å². The zero-order valence-corrected chi connectivity index (χ0v) is 12.5. The summed E-state index contributed by atoms with van der Waals surface area (Å²) < 4.78 is 10.7. The van der Waals surface area contributed by atoms with E-state index in [1.165, 1.54) is 0 Å². The van der Waals surface area contributed by atoms with Crippen LogP contribution in [0.15, 0.2) is 22.7 Å². The van der Waals surface area contributed by atoms with Gasteiger partial charge in [-0.05, 0) is 30.0 Å². The molecule has 0 fully saturated rings. The smallest absolute Gasteiger partial charge is 0.261 e. The zero-order chi connectivity index (χ0) is 14.9. The van der Waals surface area contributed by atoms with Crippen molar-refractivity contribution in [2.45, 2.75) is 33.8 Å². The highest BCUT2D eigenvalue weighted by Crippen LogP contribution is 2.36. The lowest BCUT2D eigenvalue weighted by atomic mass is 9.88. The Morgan fingerprint density at radius 3 is 2.55 bits per heavy atom. The molecule has 0 radical (unpaired) electrons. The summed E-state index contributed by atoms with van der Waals surface area (Å²) in [5.41, 5.74) is 1.35. The quantitative estimate of drug-likeness (QED) is 0.929. The standard InChI is InChI=1S/C15H20N2O3/c1-9-6-7-10(11(18)8-9)14-16-13(17-20-14)12(19-5)15(2,3)4/h6-8,12,18H,1-5H3. The van der Waals surface area contributed by atoms with E-state index < -0.39 is 0 Å². The Hall–Kier alpha value is -1.88. The number of hydrogen-bond donors (Lipinski definition) is 1. The van der Waals surface area contributed by atoms with Gasteiger partial charge in [0.05, 0.1) is 5.56 Å². The molecule has 1 aromatic heterocycles. The van der Waals surface area contributed by atoms with Gasteiger partial charge in [0.1, 0.15) is 11.9 Å². The normalized spacial score (nSPS) is 13.4. The summed E-state index contributed by atoms with van der Waals surface area (Å²) in [5, 5.41) is 13.9. The average molecular weight is 276 g/mol. The summed E-state index contributed by atoms with van der Waals surface area (Å²) in [4.78, 5) is 4.35. The Morgan fingerprint density at radius 2 is 2.00 bits per heavy atom. The van der Waals surface area contributed by atoms with Gasteiger partial charge in [0.25, 0.3) is 5.89 Å². The zero-order valence-electron chi connectivity index (χ0n) is 12.5. The Kier molecular flexibility index (Phi) is 3.81. The topological polar surface area (TPSA) is 68.4 Å². The number of phenols is 1. The van der Waals surface area contributed by atoms with Crippen LogP contribution in [0.2, 0.25) is 0 Å². The molecule has 5 nitrogen and oxygen atoms in total. The van der Waals surface area contributed by atoms with E-state index in [2.05, 4.69) is 10.1 Å². The summed E-state index contributed by atoms with van der Waals surface area (Å²) in [7, 11) is 1.62. The minimum absolute atomic E-state index is 0.130. The van der Waals surface area contributed by atoms with Crippen LogP contribution >= 0.6 is 0 Å². The van der Waals surface area contributed by atoms with E-state index >= 15 is 0 Å². The second-order valence-electron chi connectivity index (χ2n) is 5.96. The third-order valence-corrected chi connectivity index (χ3v) is 3.08. The van der Waals surface area contributed by atoms with Gasteiger partial charge < -0.3 is 14.4 Å². The number of nitrogens with zero attached hydrogens (tertiary/aromatic N) is 2.